The van der Waals surface area contributed by atoms with Gasteiger partial charge in [-0.2, -0.15) is 5.26 Å². The molecule has 1 saturated carbocycles. The van der Waals surface area contributed by atoms with Crippen LogP contribution in [-0.2, 0) is 9.59 Å². The number of benzene rings is 1. The lowest BCUT2D eigenvalue weighted by Crippen LogP contribution is -2.56. The van der Waals surface area contributed by atoms with Crippen LogP contribution in [0.2, 0.25) is 0 Å². The van der Waals surface area contributed by atoms with Gasteiger partial charge in [-0.1, -0.05) is 12.1 Å². The summed E-state index contributed by atoms with van der Waals surface area (Å²) in [4.78, 5) is 33.2. The molecule has 2 amide bonds. The Morgan fingerprint density at radius 2 is 1.97 bits per heavy atom. The molecule has 0 radical (unpaired) electrons. The van der Waals surface area contributed by atoms with Crippen molar-refractivity contribution in [2.45, 2.75) is 25.3 Å². The van der Waals surface area contributed by atoms with Crippen LogP contribution in [0.15, 0.2) is 42.6 Å². The van der Waals surface area contributed by atoms with Crippen LogP contribution in [0.3, 0.4) is 0 Å². The first-order valence-electron chi connectivity index (χ1n) is 10.4. The van der Waals surface area contributed by atoms with E-state index < -0.39 is 0 Å². The number of H-pyrrole nitrogens is 1. The summed E-state index contributed by atoms with van der Waals surface area (Å²) in [6, 6.07) is 14.1. The van der Waals surface area contributed by atoms with Crippen molar-refractivity contribution < 1.29 is 9.59 Å². The molecule has 8 heteroatoms. The van der Waals surface area contributed by atoms with Gasteiger partial charge in [-0.3, -0.25) is 9.59 Å². The van der Waals surface area contributed by atoms with E-state index in [-0.39, 0.29) is 30.2 Å². The number of nitrogens with zero attached hydrogens (tertiary/aromatic N) is 3. The molecule has 1 aromatic carbocycles. The van der Waals surface area contributed by atoms with Crippen LogP contribution < -0.4 is 10.6 Å². The summed E-state index contributed by atoms with van der Waals surface area (Å²) < 4.78 is 0. The van der Waals surface area contributed by atoms with Gasteiger partial charge in [0, 0.05) is 36.3 Å². The molecule has 1 aliphatic carbocycles. The summed E-state index contributed by atoms with van der Waals surface area (Å²) >= 11 is 0. The van der Waals surface area contributed by atoms with E-state index in [2.05, 4.69) is 20.6 Å². The molecule has 5 rings (SSSR count). The minimum Gasteiger partial charge on any atom is -0.379 e. The Morgan fingerprint density at radius 1 is 1.19 bits per heavy atom. The number of likely N-dealkylation sites (tertiary alicyclic amines) is 1. The average Bonchev–Trinajstić information content (AvgIpc) is 3.48. The summed E-state index contributed by atoms with van der Waals surface area (Å²) in [5.41, 5.74) is 3.74. The topological polar surface area (TPSA) is 114 Å². The molecule has 3 N–H and O–H groups in total. The van der Waals surface area contributed by atoms with Crippen molar-refractivity contribution in [1.29, 1.82) is 5.26 Å². The third-order valence-corrected chi connectivity index (χ3v) is 5.76. The second kappa shape index (κ2) is 7.76. The standard InChI is InChI=1S/C23H22N6O2/c24-9-7-21(30)29-12-17(13-29)26-16-5-3-14(4-6-16)19-11-20(28-23(31)15-1-2-15)27-22-18(19)8-10-25-22/h3-6,8,10-11,15,17,26H,1-2,7,12-13H2,(H2,25,27,28,31). The second-order valence-electron chi connectivity index (χ2n) is 8.11. The van der Waals surface area contributed by atoms with Gasteiger partial charge in [0.05, 0.1) is 12.1 Å². The lowest BCUT2D eigenvalue weighted by Gasteiger charge is -2.39. The SMILES string of the molecule is N#CCC(=O)N1CC(Nc2ccc(-c3cc(NC(=O)C4CC4)nc4[nH]ccc34)cc2)C1. The molecule has 2 aromatic heterocycles. The van der Waals surface area contributed by atoms with E-state index in [0.29, 0.717) is 18.9 Å². The maximum atomic E-state index is 12.2. The predicted octanol–water partition coefficient (Wildman–Crippen LogP) is 3.11. The number of carbonyl (C=O) groups excluding carboxylic acids is 2. The highest BCUT2D eigenvalue weighted by Gasteiger charge is 2.31. The Morgan fingerprint density at radius 3 is 2.68 bits per heavy atom. The number of aromatic amines is 1. The molecule has 2 fully saturated rings. The summed E-state index contributed by atoms with van der Waals surface area (Å²) in [6.45, 7) is 1.22. The molecule has 0 spiro atoms. The molecule has 156 valence electrons. The fourth-order valence-electron chi connectivity index (χ4n) is 3.85. The van der Waals surface area contributed by atoms with E-state index in [1.807, 2.05) is 48.7 Å². The number of amides is 2. The summed E-state index contributed by atoms with van der Waals surface area (Å²) in [6.07, 6.45) is 3.68. The largest absolute Gasteiger partial charge is 0.379 e. The third kappa shape index (κ3) is 3.94. The highest BCUT2D eigenvalue weighted by molar-refractivity contribution is 5.99. The zero-order valence-corrected chi connectivity index (χ0v) is 16.9. The minimum atomic E-state index is -0.117. The minimum absolute atomic E-state index is 0.0340. The lowest BCUT2D eigenvalue weighted by molar-refractivity contribution is -0.134. The van der Waals surface area contributed by atoms with E-state index in [1.54, 1.807) is 4.90 Å². The number of hydrogen-bond acceptors (Lipinski definition) is 5. The number of rotatable bonds is 6. The fraction of sp³-hybridized carbons (Fsp3) is 0.304. The lowest BCUT2D eigenvalue weighted by atomic mass is 10.0. The molecule has 1 aliphatic heterocycles. The molecule has 2 aliphatic rings. The molecule has 8 nitrogen and oxygen atoms in total. The number of carbonyl (C=O) groups is 2. The summed E-state index contributed by atoms with van der Waals surface area (Å²) in [5, 5.41) is 16.0. The van der Waals surface area contributed by atoms with Gasteiger partial charge in [0.1, 0.15) is 17.9 Å². The van der Waals surface area contributed by atoms with Gasteiger partial charge in [-0.15, -0.1) is 0 Å². The zero-order chi connectivity index (χ0) is 21.4. The van der Waals surface area contributed by atoms with Crippen molar-refractivity contribution in [2.24, 2.45) is 5.92 Å². The number of aromatic nitrogens is 2. The third-order valence-electron chi connectivity index (χ3n) is 5.76. The number of nitriles is 1. The number of hydrogen-bond donors (Lipinski definition) is 3. The first-order chi connectivity index (χ1) is 15.1. The summed E-state index contributed by atoms with van der Waals surface area (Å²) in [7, 11) is 0. The van der Waals surface area contributed by atoms with Crippen LogP contribution >= 0.6 is 0 Å². The normalized spacial score (nSPS) is 15.9. The van der Waals surface area contributed by atoms with Gasteiger partial charge in [-0.25, -0.2) is 4.98 Å². The van der Waals surface area contributed by atoms with Crippen LogP contribution in [0, 0.1) is 17.2 Å². The van der Waals surface area contributed by atoms with Gasteiger partial charge >= 0.3 is 0 Å². The van der Waals surface area contributed by atoms with Crippen LogP contribution in [-0.4, -0.2) is 45.8 Å². The monoisotopic (exact) mass is 414 g/mol. The van der Waals surface area contributed by atoms with E-state index in [1.165, 1.54) is 0 Å². The molecule has 31 heavy (non-hydrogen) atoms. The molecule has 3 heterocycles. The van der Waals surface area contributed by atoms with Crippen LogP contribution in [0.25, 0.3) is 22.2 Å². The Balaban J connectivity index is 1.30. The first kappa shape index (κ1) is 19.1. The van der Waals surface area contributed by atoms with E-state index in [9.17, 15) is 9.59 Å². The highest BCUT2D eigenvalue weighted by Crippen LogP contribution is 2.33. The van der Waals surface area contributed by atoms with Gasteiger partial charge in [0.15, 0.2) is 0 Å². The van der Waals surface area contributed by atoms with Crippen molar-refractivity contribution in [1.82, 2.24) is 14.9 Å². The smallest absolute Gasteiger partial charge is 0.236 e. The maximum absolute atomic E-state index is 12.2. The maximum Gasteiger partial charge on any atom is 0.236 e. The van der Waals surface area contributed by atoms with Crippen molar-refractivity contribution in [2.75, 3.05) is 23.7 Å². The molecule has 0 unspecified atom stereocenters. The molecular formula is C23H22N6O2. The zero-order valence-electron chi connectivity index (χ0n) is 16.9. The molecule has 0 atom stereocenters. The number of fused-ring (bicyclic) bond motifs is 1. The number of nitrogens with one attached hydrogen (secondary N) is 3. The Kier molecular flexibility index (Phi) is 4.79. The second-order valence-corrected chi connectivity index (χ2v) is 8.11. The summed E-state index contributed by atoms with van der Waals surface area (Å²) in [5.74, 6) is 0.591. The van der Waals surface area contributed by atoms with E-state index in [4.69, 9.17) is 5.26 Å². The average molecular weight is 414 g/mol. The Labute approximate surface area is 179 Å². The van der Waals surface area contributed by atoms with Crippen molar-refractivity contribution in [3.8, 4) is 17.2 Å². The predicted molar refractivity (Wildman–Crippen MR) is 117 cm³/mol. The first-order valence-corrected chi connectivity index (χ1v) is 10.4. The van der Waals surface area contributed by atoms with Crippen LogP contribution in [0.5, 0.6) is 0 Å². The van der Waals surface area contributed by atoms with E-state index >= 15 is 0 Å². The van der Waals surface area contributed by atoms with Crippen molar-refractivity contribution in [3.05, 3.63) is 42.6 Å². The fourth-order valence-corrected chi connectivity index (χ4v) is 3.85. The van der Waals surface area contributed by atoms with E-state index in [0.717, 1.165) is 40.7 Å². The Bertz CT molecular complexity index is 1180. The Hall–Kier alpha value is -3.86. The van der Waals surface area contributed by atoms with Gasteiger partial charge < -0.3 is 20.5 Å². The van der Waals surface area contributed by atoms with Crippen molar-refractivity contribution >= 4 is 34.4 Å². The molecule has 1 saturated heterocycles. The number of anilines is 2. The van der Waals surface area contributed by atoms with Gasteiger partial charge in [0.2, 0.25) is 11.8 Å². The van der Waals surface area contributed by atoms with Gasteiger partial charge in [-0.05, 0) is 48.2 Å². The molecule has 0 bridgehead atoms. The van der Waals surface area contributed by atoms with Crippen LogP contribution in [0.4, 0.5) is 11.5 Å². The molecule has 3 aromatic rings. The number of pyridine rings is 1. The molecular weight excluding hydrogens is 392 g/mol. The highest BCUT2D eigenvalue weighted by atomic mass is 16.2. The van der Waals surface area contributed by atoms with Crippen molar-refractivity contribution in [3.63, 3.8) is 0 Å². The quantitative estimate of drug-likeness (QED) is 0.573. The van der Waals surface area contributed by atoms with Gasteiger partial charge in [0.25, 0.3) is 0 Å². The van der Waals surface area contributed by atoms with Crippen LogP contribution in [0.1, 0.15) is 19.3 Å².